The van der Waals surface area contributed by atoms with Crippen LogP contribution in [0.3, 0.4) is 0 Å². The van der Waals surface area contributed by atoms with Gasteiger partial charge in [-0.15, -0.1) is 0 Å². The van der Waals surface area contributed by atoms with Gasteiger partial charge in [0.2, 0.25) is 0 Å². The summed E-state index contributed by atoms with van der Waals surface area (Å²) in [5.74, 6) is 0.0436. The van der Waals surface area contributed by atoms with Crippen LogP contribution in [0.15, 0.2) is 58.5 Å². The predicted octanol–water partition coefficient (Wildman–Crippen LogP) is 2.55. The van der Waals surface area contributed by atoms with E-state index in [2.05, 4.69) is 14.8 Å². The van der Waals surface area contributed by atoms with Crippen molar-refractivity contribution in [3.05, 3.63) is 54.1 Å². The number of phenols is 1. The van der Waals surface area contributed by atoms with Gasteiger partial charge in [-0.05, 0) is 38.1 Å². The highest BCUT2D eigenvalue weighted by molar-refractivity contribution is 7.89. The molecule has 0 radical (unpaired) electrons. The Hall–Kier alpha value is -2.54. The van der Waals surface area contributed by atoms with Crippen LogP contribution in [0.1, 0.15) is 19.4 Å². The van der Waals surface area contributed by atoms with Crippen LogP contribution < -0.4 is 9.73 Å². The second-order valence-corrected chi connectivity index (χ2v) is 6.74. The Labute approximate surface area is 142 Å². The Bertz CT molecular complexity index is 801. The van der Waals surface area contributed by atoms with E-state index in [4.69, 9.17) is 0 Å². The van der Waals surface area contributed by atoms with Crippen molar-refractivity contribution in [1.29, 1.82) is 0 Å². The molecule has 0 atom stereocenters. The Kier molecular flexibility index (Phi) is 5.81. The second kappa shape index (κ2) is 7.83. The fraction of sp³-hybridized carbons (Fsp3) is 0.235. The zero-order valence-corrected chi connectivity index (χ0v) is 14.5. The first kappa shape index (κ1) is 17.8. The van der Waals surface area contributed by atoms with Gasteiger partial charge in [0.25, 0.3) is 10.0 Å². The van der Waals surface area contributed by atoms with Gasteiger partial charge in [0.1, 0.15) is 5.75 Å². The van der Waals surface area contributed by atoms with E-state index in [1.165, 1.54) is 18.3 Å². The smallest absolute Gasteiger partial charge is 0.276 e. The molecule has 0 aliphatic carbocycles. The van der Waals surface area contributed by atoms with Crippen LogP contribution >= 0.6 is 0 Å². The zero-order chi connectivity index (χ0) is 17.6. The van der Waals surface area contributed by atoms with Crippen LogP contribution in [0.4, 0.5) is 5.69 Å². The first-order valence-electron chi connectivity index (χ1n) is 7.65. The van der Waals surface area contributed by atoms with Gasteiger partial charge in [-0.2, -0.15) is 13.5 Å². The number of benzene rings is 2. The van der Waals surface area contributed by atoms with Crippen LogP contribution in [0, 0.1) is 0 Å². The molecule has 0 saturated carbocycles. The lowest BCUT2D eigenvalue weighted by molar-refractivity contribution is 0.474. The van der Waals surface area contributed by atoms with Gasteiger partial charge >= 0.3 is 0 Å². The average molecular weight is 347 g/mol. The number of sulfonamides is 1. The van der Waals surface area contributed by atoms with Crippen LogP contribution in [0.2, 0.25) is 0 Å². The van der Waals surface area contributed by atoms with Gasteiger partial charge < -0.3 is 10.0 Å². The molecule has 0 unspecified atom stereocenters. The van der Waals surface area contributed by atoms with Gasteiger partial charge in [0.05, 0.1) is 11.1 Å². The molecule has 2 aromatic rings. The third-order valence-corrected chi connectivity index (χ3v) is 4.81. The fourth-order valence-corrected chi connectivity index (χ4v) is 3.06. The molecular formula is C17H21N3O3S. The Balaban J connectivity index is 2.12. The van der Waals surface area contributed by atoms with Crippen molar-refractivity contribution in [2.75, 3.05) is 18.0 Å². The van der Waals surface area contributed by atoms with E-state index < -0.39 is 10.0 Å². The summed E-state index contributed by atoms with van der Waals surface area (Å²) >= 11 is 0. The van der Waals surface area contributed by atoms with Crippen LogP contribution in [-0.4, -0.2) is 32.8 Å². The molecule has 0 amide bonds. The number of hydrogen-bond acceptors (Lipinski definition) is 5. The summed E-state index contributed by atoms with van der Waals surface area (Å²) in [6.07, 6.45) is 1.28. The minimum absolute atomic E-state index is 0.0436. The first-order valence-corrected chi connectivity index (χ1v) is 9.14. The minimum atomic E-state index is -3.71. The Morgan fingerprint density at radius 2 is 1.79 bits per heavy atom. The molecule has 2 rings (SSSR count). The number of hydrazone groups is 1. The molecule has 0 aromatic heterocycles. The number of aromatic hydroxyl groups is 1. The monoisotopic (exact) mass is 347 g/mol. The fourth-order valence-electron chi connectivity index (χ4n) is 2.24. The number of hydrogen-bond donors (Lipinski definition) is 2. The lowest BCUT2D eigenvalue weighted by atomic mass is 10.2. The molecule has 7 heteroatoms. The normalized spacial score (nSPS) is 11.6. The number of phenolic OH excluding ortho intramolecular Hbond substituents is 1. The van der Waals surface area contributed by atoms with Gasteiger partial charge in [-0.1, -0.05) is 18.2 Å². The van der Waals surface area contributed by atoms with Gasteiger partial charge in [-0.3, -0.25) is 0 Å². The van der Waals surface area contributed by atoms with E-state index in [1.54, 1.807) is 30.3 Å². The van der Waals surface area contributed by atoms with E-state index >= 15 is 0 Å². The maximum Gasteiger partial charge on any atom is 0.276 e. The van der Waals surface area contributed by atoms with Crippen molar-refractivity contribution in [1.82, 2.24) is 4.83 Å². The summed E-state index contributed by atoms with van der Waals surface area (Å²) in [4.78, 5) is 4.35. The number of nitrogens with one attached hydrogen (secondary N) is 1. The SMILES string of the molecule is CCN(CC)c1ccc(/C=N/NS(=O)(=O)c2ccccc2)c(O)c1. The maximum atomic E-state index is 12.0. The molecule has 0 bridgehead atoms. The zero-order valence-electron chi connectivity index (χ0n) is 13.7. The molecule has 0 fully saturated rings. The second-order valence-electron chi connectivity index (χ2n) is 5.08. The van der Waals surface area contributed by atoms with E-state index in [9.17, 15) is 13.5 Å². The Morgan fingerprint density at radius 3 is 2.38 bits per heavy atom. The van der Waals surface area contributed by atoms with Crippen molar-refractivity contribution >= 4 is 21.9 Å². The highest BCUT2D eigenvalue weighted by atomic mass is 32.2. The molecule has 128 valence electrons. The van der Waals surface area contributed by atoms with Crippen LogP contribution in [0.5, 0.6) is 5.75 Å². The molecule has 0 spiro atoms. The van der Waals surface area contributed by atoms with Crippen LogP contribution in [-0.2, 0) is 10.0 Å². The third-order valence-electron chi connectivity index (χ3n) is 3.57. The number of anilines is 1. The van der Waals surface area contributed by atoms with E-state index in [-0.39, 0.29) is 10.6 Å². The molecule has 2 N–H and O–H groups in total. The van der Waals surface area contributed by atoms with Crippen molar-refractivity contribution in [2.45, 2.75) is 18.7 Å². The largest absolute Gasteiger partial charge is 0.507 e. The Morgan fingerprint density at radius 1 is 1.12 bits per heavy atom. The summed E-state index contributed by atoms with van der Waals surface area (Å²) < 4.78 is 24.1. The number of nitrogens with zero attached hydrogens (tertiary/aromatic N) is 2. The molecule has 24 heavy (non-hydrogen) atoms. The summed E-state index contributed by atoms with van der Waals surface area (Å²) in [6.45, 7) is 5.74. The third kappa shape index (κ3) is 4.26. The first-order chi connectivity index (χ1) is 11.5. The summed E-state index contributed by atoms with van der Waals surface area (Å²) in [5.41, 5.74) is 1.33. The van der Waals surface area contributed by atoms with Gasteiger partial charge in [0, 0.05) is 30.4 Å². The predicted molar refractivity (Wildman–Crippen MR) is 96.0 cm³/mol. The topological polar surface area (TPSA) is 82.0 Å². The van der Waals surface area contributed by atoms with E-state index in [0.29, 0.717) is 5.56 Å². The van der Waals surface area contributed by atoms with Crippen molar-refractivity contribution < 1.29 is 13.5 Å². The summed E-state index contributed by atoms with van der Waals surface area (Å²) in [7, 11) is -3.71. The minimum Gasteiger partial charge on any atom is -0.507 e. The molecule has 0 aliphatic heterocycles. The average Bonchev–Trinajstić information content (AvgIpc) is 2.58. The molecule has 2 aromatic carbocycles. The highest BCUT2D eigenvalue weighted by Crippen LogP contribution is 2.23. The maximum absolute atomic E-state index is 12.0. The van der Waals surface area contributed by atoms with Crippen molar-refractivity contribution in [3.8, 4) is 5.75 Å². The van der Waals surface area contributed by atoms with Crippen molar-refractivity contribution in [2.24, 2.45) is 5.10 Å². The van der Waals surface area contributed by atoms with E-state index in [0.717, 1.165) is 18.8 Å². The quantitative estimate of drug-likeness (QED) is 0.596. The molecule has 6 nitrogen and oxygen atoms in total. The molecule has 0 heterocycles. The summed E-state index contributed by atoms with van der Waals surface area (Å²) in [5, 5.41) is 13.8. The summed E-state index contributed by atoms with van der Waals surface area (Å²) in [6, 6.07) is 13.2. The van der Waals surface area contributed by atoms with Gasteiger partial charge in [-0.25, -0.2) is 4.83 Å². The van der Waals surface area contributed by atoms with Gasteiger partial charge in [0.15, 0.2) is 0 Å². The lowest BCUT2D eigenvalue weighted by Crippen LogP contribution is -2.21. The highest BCUT2D eigenvalue weighted by Gasteiger charge is 2.11. The molecular weight excluding hydrogens is 326 g/mol. The molecule has 0 saturated heterocycles. The van der Waals surface area contributed by atoms with E-state index in [1.807, 2.05) is 19.9 Å². The lowest BCUT2D eigenvalue weighted by Gasteiger charge is -2.21. The molecule has 0 aliphatic rings. The van der Waals surface area contributed by atoms with Crippen LogP contribution in [0.25, 0.3) is 0 Å². The number of rotatable bonds is 7. The van der Waals surface area contributed by atoms with Crippen molar-refractivity contribution in [3.63, 3.8) is 0 Å². The standard InChI is InChI=1S/C17H21N3O3S/c1-3-20(4-2)15-11-10-14(17(21)12-15)13-18-19-24(22,23)16-8-6-5-7-9-16/h5-13,19,21H,3-4H2,1-2H3/b18-13+.